The lowest BCUT2D eigenvalue weighted by atomic mass is 10.1. The van der Waals surface area contributed by atoms with Gasteiger partial charge in [-0.15, -0.1) is 11.8 Å². The molecule has 0 unspecified atom stereocenters. The van der Waals surface area contributed by atoms with Gasteiger partial charge in [0.1, 0.15) is 0 Å². The molecule has 0 saturated heterocycles. The highest BCUT2D eigenvalue weighted by atomic mass is 32.2. The molecule has 0 amide bonds. The van der Waals surface area contributed by atoms with E-state index in [1.165, 1.54) is 17.8 Å². The van der Waals surface area contributed by atoms with Crippen LogP contribution in [0, 0.1) is 0 Å². The van der Waals surface area contributed by atoms with Crippen molar-refractivity contribution in [3.8, 4) is 11.5 Å². The standard InChI is InChI=1S/C10H16N2O2S/c11-2-1-7-5-8(13)10(14)9(6-7)15-4-3-12/h5-6,13-14H,1-4,11-12H2. The fourth-order valence-electron chi connectivity index (χ4n) is 1.24. The number of rotatable bonds is 5. The molecule has 15 heavy (non-hydrogen) atoms. The van der Waals surface area contributed by atoms with Crippen LogP contribution in [0.3, 0.4) is 0 Å². The second-order valence-corrected chi connectivity index (χ2v) is 4.27. The van der Waals surface area contributed by atoms with Crippen molar-refractivity contribution in [3.63, 3.8) is 0 Å². The Morgan fingerprint density at radius 2 is 1.87 bits per heavy atom. The zero-order valence-corrected chi connectivity index (χ0v) is 9.26. The van der Waals surface area contributed by atoms with E-state index in [2.05, 4.69) is 0 Å². The number of phenolic OH excluding ortho intramolecular Hbond substituents is 2. The maximum Gasteiger partial charge on any atom is 0.171 e. The normalized spacial score (nSPS) is 10.5. The monoisotopic (exact) mass is 228 g/mol. The average Bonchev–Trinajstić information content (AvgIpc) is 2.21. The first kappa shape index (κ1) is 12.2. The number of phenols is 2. The number of hydrogen-bond donors (Lipinski definition) is 4. The van der Waals surface area contributed by atoms with Gasteiger partial charge in [0.05, 0.1) is 4.90 Å². The Morgan fingerprint density at radius 3 is 2.47 bits per heavy atom. The van der Waals surface area contributed by atoms with Crippen molar-refractivity contribution in [1.82, 2.24) is 0 Å². The second kappa shape index (κ2) is 5.85. The summed E-state index contributed by atoms with van der Waals surface area (Å²) in [5.74, 6) is 0.536. The Morgan fingerprint density at radius 1 is 1.13 bits per heavy atom. The summed E-state index contributed by atoms with van der Waals surface area (Å²) in [6.45, 7) is 1.05. The van der Waals surface area contributed by atoms with Crippen LogP contribution in [-0.4, -0.2) is 29.1 Å². The summed E-state index contributed by atoms with van der Waals surface area (Å²) in [6.07, 6.45) is 0.685. The first-order valence-corrected chi connectivity index (χ1v) is 5.75. The third-order valence-corrected chi connectivity index (χ3v) is 2.99. The largest absolute Gasteiger partial charge is 0.504 e. The third-order valence-electron chi connectivity index (χ3n) is 1.92. The van der Waals surface area contributed by atoms with Crippen LogP contribution in [0.25, 0.3) is 0 Å². The maximum absolute atomic E-state index is 9.57. The molecule has 5 heteroatoms. The number of hydrogen-bond acceptors (Lipinski definition) is 5. The van der Waals surface area contributed by atoms with Crippen LogP contribution >= 0.6 is 11.8 Å². The number of nitrogens with two attached hydrogens (primary N) is 2. The van der Waals surface area contributed by atoms with Gasteiger partial charge in [0, 0.05) is 12.3 Å². The van der Waals surface area contributed by atoms with Gasteiger partial charge in [-0.2, -0.15) is 0 Å². The van der Waals surface area contributed by atoms with Crippen molar-refractivity contribution < 1.29 is 10.2 Å². The van der Waals surface area contributed by atoms with Gasteiger partial charge in [-0.3, -0.25) is 0 Å². The van der Waals surface area contributed by atoms with Crippen LogP contribution in [0.4, 0.5) is 0 Å². The molecule has 0 atom stereocenters. The van der Waals surface area contributed by atoms with E-state index >= 15 is 0 Å². The fraction of sp³-hybridized carbons (Fsp3) is 0.400. The van der Waals surface area contributed by atoms with Crippen molar-refractivity contribution >= 4 is 11.8 Å². The highest BCUT2D eigenvalue weighted by Crippen LogP contribution is 2.36. The molecular formula is C10H16N2O2S. The predicted molar refractivity (Wildman–Crippen MR) is 62.3 cm³/mol. The topological polar surface area (TPSA) is 92.5 Å². The van der Waals surface area contributed by atoms with Crippen LogP contribution in [-0.2, 0) is 6.42 Å². The average molecular weight is 228 g/mol. The maximum atomic E-state index is 9.57. The zero-order chi connectivity index (χ0) is 11.3. The fourth-order valence-corrected chi connectivity index (χ4v) is 2.05. The SMILES string of the molecule is NCCSc1cc(CCN)cc(O)c1O. The van der Waals surface area contributed by atoms with Crippen LogP contribution in [0.2, 0.25) is 0 Å². The Labute approximate surface area is 93.3 Å². The minimum atomic E-state index is -0.0968. The van der Waals surface area contributed by atoms with Gasteiger partial charge in [-0.05, 0) is 30.7 Å². The molecule has 0 aliphatic heterocycles. The second-order valence-electron chi connectivity index (χ2n) is 3.14. The predicted octanol–water partition coefficient (Wildman–Crippen LogP) is 0.650. The van der Waals surface area contributed by atoms with Crippen LogP contribution in [0.5, 0.6) is 11.5 Å². The molecule has 1 aromatic rings. The van der Waals surface area contributed by atoms with Gasteiger partial charge in [0.25, 0.3) is 0 Å². The Hall–Kier alpha value is -0.910. The summed E-state index contributed by atoms with van der Waals surface area (Å²) in [7, 11) is 0. The molecular weight excluding hydrogens is 212 g/mol. The summed E-state index contributed by atoms with van der Waals surface area (Å²) in [5, 5.41) is 19.0. The molecule has 0 fully saturated rings. The van der Waals surface area contributed by atoms with E-state index in [4.69, 9.17) is 11.5 Å². The summed E-state index contributed by atoms with van der Waals surface area (Å²) < 4.78 is 0. The molecule has 0 spiro atoms. The smallest absolute Gasteiger partial charge is 0.171 e. The summed E-state index contributed by atoms with van der Waals surface area (Å²) in [4.78, 5) is 0.656. The van der Waals surface area contributed by atoms with E-state index in [0.717, 1.165) is 5.56 Å². The molecule has 0 bridgehead atoms. The molecule has 0 aliphatic rings. The number of thioether (sulfide) groups is 1. The number of benzene rings is 1. The Balaban J connectivity index is 2.91. The molecule has 1 aromatic carbocycles. The minimum Gasteiger partial charge on any atom is -0.504 e. The van der Waals surface area contributed by atoms with Crippen LogP contribution < -0.4 is 11.5 Å². The summed E-state index contributed by atoms with van der Waals surface area (Å²) >= 11 is 1.43. The molecule has 0 saturated carbocycles. The van der Waals surface area contributed by atoms with Crippen molar-refractivity contribution in [2.24, 2.45) is 11.5 Å². The first-order valence-electron chi connectivity index (χ1n) is 4.76. The van der Waals surface area contributed by atoms with Crippen LogP contribution in [0.15, 0.2) is 17.0 Å². The summed E-state index contributed by atoms with van der Waals surface area (Å²) in [5.41, 5.74) is 11.7. The number of aromatic hydroxyl groups is 2. The van der Waals surface area contributed by atoms with Crippen molar-refractivity contribution in [2.45, 2.75) is 11.3 Å². The zero-order valence-electron chi connectivity index (χ0n) is 8.44. The van der Waals surface area contributed by atoms with Gasteiger partial charge in [-0.1, -0.05) is 0 Å². The van der Waals surface area contributed by atoms with Gasteiger partial charge in [0.2, 0.25) is 0 Å². The summed E-state index contributed by atoms with van der Waals surface area (Å²) in [6, 6.07) is 3.37. The van der Waals surface area contributed by atoms with Crippen LogP contribution in [0.1, 0.15) is 5.56 Å². The van der Waals surface area contributed by atoms with E-state index in [1.54, 1.807) is 0 Å². The van der Waals surface area contributed by atoms with E-state index < -0.39 is 0 Å². The highest BCUT2D eigenvalue weighted by Gasteiger charge is 2.09. The van der Waals surface area contributed by atoms with E-state index in [9.17, 15) is 10.2 Å². The Bertz CT molecular complexity index is 331. The van der Waals surface area contributed by atoms with Gasteiger partial charge in [0.15, 0.2) is 11.5 Å². The van der Waals surface area contributed by atoms with Crippen molar-refractivity contribution in [3.05, 3.63) is 17.7 Å². The van der Waals surface area contributed by atoms with E-state index in [0.29, 0.717) is 30.2 Å². The lowest BCUT2D eigenvalue weighted by Gasteiger charge is -2.08. The highest BCUT2D eigenvalue weighted by molar-refractivity contribution is 7.99. The lowest BCUT2D eigenvalue weighted by molar-refractivity contribution is 0.394. The quantitative estimate of drug-likeness (QED) is 0.438. The van der Waals surface area contributed by atoms with E-state index in [1.807, 2.05) is 6.07 Å². The minimum absolute atomic E-state index is 0.0748. The molecule has 0 aromatic heterocycles. The van der Waals surface area contributed by atoms with Crippen molar-refractivity contribution in [1.29, 1.82) is 0 Å². The molecule has 0 heterocycles. The van der Waals surface area contributed by atoms with Crippen molar-refractivity contribution in [2.75, 3.05) is 18.8 Å². The first-order chi connectivity index (χ1) is 7.19. The molecule has 6 N–H and O–H groups in total. The van der Waals surface area contributed by atoms with Gasteiger partial charge >= 0.3 is 0 Å². The van der Waals surface area contributed by atoms with Gasteiger partial charge < -0.3 is 21.7 Å². The molecule has 0 aliphatic carbocycles. The van der Waals surface area contributed by atoms with Gasteiger partial charge in [-0.25, -0.2) is 0 Å². The van der Waals surface area contributed by atoms with E-state index in [-0.39, 0.29) is 11.5 Å². The lowest BCUT2D eigenvalue weighted by Crippen LogP contribution is -2.03. The molecule has 84 valence electrons. The third kappa shape index (κ3) is 3.30. The molecule has 0 radical (unpaired) electrons. The Kier molecular flexibility index (Phi) is 4.74. The molecule has 1 rings (SSSR count). The molecule has 4 nitrogen and oxygen atoms in total.